The quantitative estimate of drug-likeness (QED) is 0.344. The molecule has 5 nitrogen and oxygen atoms in total. The van der Waals surface area contributed by atoms with Gasteiger partial charge in [0.1, 0.15) is 0 Å². The molecule has 0 bridgehead atoms. The van der Waals surface area contributed by atoms with Gasteiger partial charge in [-0.25, -0.2) is 4.68 Å². The second kappa shape index (κ2) is 10.1. The van der Waals surface area contributed by atoms with Gasteiger partial charge in [-0.15, -0.1) is 5.10 Å². The van der Waals surface area contributed by atoms with Crippen molar-refractivity contribution in [1.29, 1.82) is 0 Å². The Bertz CT molecular complexity index is 1240. The van der Waals surface area contributed by atoms with Crippen molar-refractivity contribution in [2.45, 2.75) is 64.2 Å². The average molecular weight is 538 g/mol. The van der Waals surface area contributed by atoms with E-state index in [1.807, 2.05) is 18.2 Å². The molecule has 1 aliphatic rings. The number of allylic oxidation sites excluding steroid dienone is 1. The number of nitrogens with zero attached hydrogens (tertiary/aromatic N) is 4. The lowest BCUT2D eigenvalue weighted by molar-refractivity contribution is -0.137. The van der Waals surface area contributed by atoms with Crippen LogP contribution in [0.25, 0.3) is 6.08 Å². The normalized spacial score (nSPS) is 17.0. The molecule has 1 aliphatic carbocycles. The summed E-state index contributed by atoms with van der Waals surface area (Å²) in [6, 6.07) is 10.3. The van der Waals surface area contributed by atoms with Gasteiger partial charge >= 0.3 is 6.18 Å². The van der Waals surface area contributed by atoms with Crippen molar-refractivity contribution in [1.82, 2.24) is 20.2 Å². The van der Waals surface area contributed by atoms with E-state index in [1.54, 1.807) is 22.9 Å². The summed E-state index contributed by atoms with van der Waals surface area (Å²) >= 11 is 12.4. The van der Waals surface area contributed by atoms with Crippen molar-refractivity contribution >= 4 is 35.0 Å². The molecule has 36 heavy (non-hydrogen) atoms. The molecule has 1 N–H and O–H groups in total. The van der Waals surface area contributed by atoms with Crippen LogP contribution in [0.4, 0.5) is 18.9 Å². The molecule has 1 saturated carbocycles. The van der Waals surface area contributed by atoms with Gasteiger partial charge in [0.05, 0.1) is 17.1 Å². The fourth-order valence-corrected chi connectivity index (χ4v) is 5.17. The first-order valence-electron chi connectivity index (χ1n) is 11.8. The van der Waals surface area contributed by atoms with Crippen molar-refractivity contribution in [3.63, 3.8) is 0 Å². The standard InChI is InChI=1S/C26H28Cl2F3N5/c1-24(2,3)22(12-10-17-9-11-19(27)16-21(17)28)36-23(33-34-35-36)25(13-4-5-14-25)32-20-8-6-7-18(15-20)26(29,30)31/h6-12,15-16,22,32H,4-5,13-14H2,1-3H3/b12-10+. The summed E-state index contributed by atoms with van der Waals surface area (Å²) in [5, 5.41) is 17.2. The number of halogens is 5. The minimum atomic E-state index is -4.42. The number of nitrogens with one attached hydrogen (secondary N) is 1. The Kier molecular flexibility index (Phi) is 7.40. The summed E-state index contributed by atoms with van der Waals surface area (Å²) in [4.78, 5) is 0. The first-order valence-corrected chi connectivity index (χ1v) is 12.5. The van der Waals surface area contributed by atoms with Crippen molar-refractivity contribution < 1.29 is 13.2 Å². The largest absolute Gasteiger partial charge is 0.416 e. The maximum atomic E-state index is 13.3. The van der Waals surface area contributed by atoms with Crippen molar-refractivity contribution in [2.75, 3.05) is 5.32 Å². The third kappa shape index (κ3) is 5.70. The minimum Gasteiger partial charge on any atom is -0.373 e. The Hall–Kier alpha value is -2.58. The zero-order valence-corrected chi connectivity index (χ0v) is 21.8. The molecule has 0 amide bonds. The van der Waals surface area contributed by atoms with Crippen molar-refractivity contribution in [2.24, 2.45) is 5.41 Å². The van der Waals surface area contributed by atoms with Gasteiger partial charge in [0.2, 0.25) is 0 Å². The second-order valence-corrected chi connectivity index (χ2v) is 11.1. The molecule has 1 unspecified atom stereocenters. The average Bonchev–Trinajstić information content (AvgIpc) is 3.44. The van der Waals surface area contributed by atoms with Gasteiger partial charge < -0.3 is 5.32 Å². The van der Waals surface area contributed by atoms with Gasteiger partial charge in [0.15, 0.2) is 5.82 Å². The number of anilines is 1. The molecule has 0 spiro atoms. The Balaban J connectivity index is 1.73. The topological polar surface area (TPSA) is 55.6 Å². The third-order valence-electron chi connectivity index (χ3n) is 6.52. The molecule has 10 heteroatoms. The molecule has 1 fully saturated rings. The van der Waals surface area contributed by atoms with Crippen LogP contribution in [0.15, 0.2) is 48.5 Å². The van der Waals surface area contributed by atoms with E-state index >= 15 is 0 Å². The van der Waals surface area contributed by atoms with E-state index in [2.05, 4.69) is 41.6 Å². The van der Waals surface area contributed by atoms with Gasteiger partial charge in [0.25, 0.3) is 0 Å². The fraction of sp³-hybridized carbons (Fsp3) is 0.423. The van der Waals surface area contributed by atoms with Gasteiger partial charge in [-0.2, -0.15) is 13.2 Å². The number of alkyl halides is 3. The highest BCUT2D eigenvalue weighted by molar-refractivity contribution is 6.35. The Labute approximate surface area is 218 Å². The van der Waals surface area contributed by atoms with Gasteiger partial charge in [-0.05, 0) is 64.6 Å². The number of hydrogen-bond donors (Lipinski definition) is 1. The minimum absolute atomic E-state index is 0.255. The Morgan fingerprint density at radius 3 is 2.42 bits per heavy atom. The number of rotatable bonds is 6. The lowest BCUT2D eigenvalue weighted by atomic mass is 9.85. The summed E-state index contributed by atoms with van der Waals surface area (Å²) in [7, 11) is 0. The molecular formula is C26H28Cl2F3N5. The van der Waals surface area contributed by atoms with Crippen LogP contribution in [0.1, 0.15) is 69.4 Å². The molecule has 1 heterocycles. The fourth-order valence-electron chi connectivity index (χ4n) is 4.70. The zero-order chi connectivity index (χ0) is 26.1. The van der Waals surface area contributed by atoms with E-state index in [9.17, 15) is 13.2 Å². The van der Waals surface area contributed by atoms with Crippen LogP contribution >= 0.6 is 23.2 Å². The summed E-state index contributed by atoms with van der Waals surface area (Å²) in [6.45, 7) is 6.25. The maximum Gasteiger partial charge on any atom is 0.416 e. The summed E-state index contributed by atoms with van der Waals surface area (Å²) in [5.74, 6) is 0.601. The number of hydrogen-bond acceptors (Lipinski definition) is 4. The van der Waals surface area contributed by atoms with Crippen LogP contribution in [0.2, 0.25) is 10.0 Å². The lowest BCUT2D eigenvalue weighted by Gasteiger charge is -2.35. The molecule has 0 saturated heterocycles. The Morgan fingerprint density at radius 2 is 1.78 bits per heavy atom. The van der Waals surface area contributed by atoms with Gasteiger partial charge in [-0.3, -0.25) is 0 Å². The molecule has 2 aromatic carbocycles. The number of benzene rings is 2. The maximum absolute atomic E-state index is 13.3. The van der Waals surface area contributed by atoms with Crippen LogP contribution in [-0.4, -0.2) is 20.2 Å². The highest BCUT2D eigenvalue weighted by atomic mass is 35.5. The molecule has 0 radical (unpaired) electrons. The van der Waals surface area contributed by atoms with Crippen LogP contribution in [0.3, 0.4) is 0 Å². The first kappa shape index (κ1) is 26.5. The smallest absolute Gasteiger partial charge is 0.373 e. The van der Waals surface area contributed by atoms with E-state index in [1.165, 1.54) is 6.07 Å². The summed E-state index contributed by atoms with van der Waals surface area (Å²) in [5.41, 5.74) is -0.478. The first-order chi connectivity index (χ1) is 16.9. The molecule has 3 aromatic rings. The van der Waals surface area contributed by atoms with E-state index in [-0.39, 0.29) is 11.5 Å². The van der Waals surface area contributed by atoms with E-state index in [0.29, 0.717) is 34.4 Å². The van der Waals surface area contributed by atoms with Crippen LogP contribution < -0.4 is 5.32 Å². The van der Waals surface area contributed by atoms with Crippen LogP contribution in [0, 0.1) is 5.41 Å². The highest BCUT2D eigenvalue weighted by Gasteiger charge is 2.43. The zero-order valence-electron chi connectivity index (χ0n) is 20.3. The van der Waals surface area contributed by atoms with Crippen molar-refractivity contribution in [3.8, 4) is 0 Å². The number of aromatic nitrogens is 4. The van der Waals surface area contributed by atoms with Crippen LogP contribution in [-0.2, 0) is 11.7 Å². The lowest BCUT2D eigenvalue weighted by Crippen LogP contribution is -2.38. The molecule has 4 rings (SSSR count). The highest BCUT2D eigenvalue weighted by Crippen LogP contribution is 2.44. The van der Waals surface area contributed by atoms with Gasteiger partial charge in [-0.1, -0.05) is 81.1 Å². The monoisotopic (exact) mass is 537 g/mol. The van der Waals surface area contributed by atoms with Crippen LogP contribution in [0.5, 0.6) is 0 Å². The van der Waals surface area contributed by atoms with Gasteiger partial charge in [0, 0.05) is 15.7 Å². The SMILES string of the molecule is CC(C)(C)C(/C=C/c1ccc(Cl)cc1Cl)n1nnnc1C1(Nc2cccc(C(F)(F)F)c2)CCCC1. The van der Waals surface area contributed by atoms with E-state index < -0.39 is 17.3 Å². The number of tetrazole rings is 1. The molecule has 0 aliphatic heterocycles. The molecule has 192 valence electrons. The second-order valence-electron chi connectivity index (χ2n) is 10.3. The third-order valence-corrected chi connectivity index (χ3v) is 7.09. The molecule has 1 atom stereocenters. The van der Waals surface area contributed by atoms with E-state index in [4.69, 9.17) is 23.2 Å². The molecular weight excluding hydrogens is 510 g/mol. The summed E-state index contributed by atoms with van der Waals surface area (Å²) < 4.78 is 41.8. The molecule has 1 aromatic heterocycles. The summed E-state index contributed by atoms with van der Waals surface area (Å²) in [6.07, 6.45) is 2.72. The Morgan fingerprint density at radius 1 is 1.06 bits per heavy atom. The predicted molar refractivity (Wildman–Crippen MR) is 137 cm³/mol. The van der Waals surface area contributed by atoms with Crippen molar-refractivity contribution in [3.05, 3.63) is 75.5 Å². The predicted octanol–water partition coefficient (Wildman–Crippen LogP) is 8.18. The van der Waals surface area contributed by atoms with E-state index in [0.717, 1.165) is 30.5 Å².